The van der Waals surface area contributed by atoms with Crippen LogP contribution >= 0.6 is 0 Å². The highest BCUT2D eigenvalue weighted by atomic mass is 19.1. The van der Waals surface area contributed by atoms with Crippen molar-refractivity contribution in [2.45, 2.75) is 26.4 Å². The Morgan fingerprint density at radius 3 is 2.57 bits per heavy atom. The third kappa shape index (κ3) is 3.29. The fourth-order valence-corrected chi connectivity index (χ4v) is 2.98. The normalized spacial score (nSPS) is 16.1. The molecule has 3 rings (SSSR count). The van der Waals surface area contributed by atoms with E-state index < -0.39 is 11.6 Å². The molecule has 0 saturated carbocycles. The van der Waals surface area contributed by atoms with Gasteiger partial charge in [0.2, 0.25) is 0 Å². The number of likely N-dealkylation sites (tertiary alicyclic amines) is 1. The van der Waals surface area contributed by atoms with Gasteiger partial charge in [-0.15, -0.1) is 0 Å². The predicted molar refractivity (Wildman–Crippen MR) is 76.7 cm³/mol. The van der Waals surface area contributed by atoms with E-state index in [9.17, 15) is 8.78 Å². The number of hydrogen-bond donors (Lipinski definition) is 0. The molecule has 112 valence electrons. The second-order valence-corrected chi connectivity index (χ2v) is 5.69. The van der Waals surface area contributed by atoms with Crippen molar-refractivity contribution in [2.75, 3.05) is 13.1 Å². The molecule has 0 radical (unpaired) electrons. The van der Waals surface area contributed by atoms with Crippen molar-refractivity contribution in [1.29, 1.82) is 0 Å². The number of rotatable bonds is 5. The highest BCUT2D eigenvalue weighted by molar-refractivity contribution is 5.18. The van der Waals surface area contributed by atoms with E-state index >= 15 is 0 Å². The largest absolute Gasteiger partial charge is 0.335 e. The number of halogens is 2. The van der Waals surface area contributed by atoms with Gasteiger partial charge in [-0.2, -0.15) is 0 Å². The van der Waals surface area contributed by atoms with Crippen LogP contribution in [0.15, 0.2) is 30.6 Å². The zero-order valence-electron chi connectivity index (χ0n) is 12.1. The van der Waals surface area contributed by atoms with E-state index in [-0.39, 0.29) is 0 Å². The third-order valence-corrected chi connectivity index (χ3v) is 3.93. The molecule has 1 fully saturated rings. The molecule has 3 nitrogen and oxygen atoms in total. The standard InChI is InChI=1S/C16H19F2N3/c1-2-16-19-3-4-21(16)11-13-9-20(10-13)8-12-5-14(17)7-15(18)6-12/h3-7,13H,2,8-11H2,1H3. The number of aryl methyl sites for hydroxylation is 1. The zero-order valence-corrected chi connectivity index (χ0v) is 12.1. The first-order valence-electron chi connectivity index (χ1n) is 7.31. The SMILES string of the molecule is CCc1nccn1CC1CN(Cc2cc(F)cc(F)c2)C1. The fourth-order valence-electron chi connectivity index (χ4n) is 2.98. The van der Waals surface area contributed by atoms with Gasteiger partial charge in [-0.1, -0.05) is 6.92 Å². The molecule has 0 bridgehead atoms. The van der Waals surface area contributed by atoms with Crippen LogP contribution < -0.4 is 0 Å². The van der Waals surface area contributed by atoms with Gasteiger partial charge in [0.1, 0.15) is 17.5 Å². The van der Waals surface area contributed by atoms with Gasteiger partial charge in [0, 0.05) is 57.0 Å². The lowest BCUT2D eigenvalue weighted by molar-refractivity contribution is 0.0796. The maximum atomic E-state index is 13.1. The molecule has 1 aliphatic rings. The summed E-state index contributed by atoms with van der Waals surface area (Å²) in [7, 11) is 0. The lowest BCUT2D eigenvalue weighted by atomic mass is 9.99. The van der Waals surface area contributed by atoms with Crippen LogP contribution in [0.3, 0.4) is 0 Å². The van der Waals surface area contributed by atoms with Crippen molar-refractivity contribution in [2.24, 2.45) is 5.92 Å². The Morgan fingerprint density at radius 2 is 1.90 bits per heavy atom. The summed E-state index contributed by atoms with van der Waals surface area (Å²) < 4.78 is 28.5. The van der Waals surface area contributed by atoms with E-state index in [2.05, 4.69) is 21.4 Å². The van der Waals surface area contributed by atoms with Crippen molar-refractivity contribution in [1.82, 2.24) is 14.5 Å². The molecule has 1 aromatic carbocycles. The van der Waals surface area contributed by atoms with Crippen molar-refractivity contribution in [3.63, 3.8) is 0 Å². The molecule has 21 heavy (non-hydrogen) atoms. The van der Waals surface area contributed by atoms with Gasteiger partial charge in [-0.25, -0.2) is 13.8 Å². The Bertz CT molecular complexity index is 597. The summed E-state index contributed by atoms with van der Waals surface area (Å²) in [6.45, 7) is 5.59. The molecule has 1 saturated heterocycles. The Labute approximate surface area is 123 Å². The van der Waals surface area contributed by atoms with E-state index in [0.29, 0.717) is 18.0 Å². The van der Waals surface area contributed by atoms with Crippen molar-refractivity contribution < 1.29 is 8.78 Å². The smallest absolute Gasteiger partial charge is 0.126 e. The lowest BCUT2D eigenvalue weighted by Crippen LogP contribution is -2.47. The first-order chi connectivity index (χ1) is 10.1. The molecule has 0 spiro atoms. The number of nitrogens with zero attached hydrogens (tertiary/aromatic N) is 3. The monoisotopic (exact) mass is 291 g/mol. The minimum Gasteiger partial charge on any atom is -0.335 e. The summed E-state index contributed by atoms with van der Waals surface area (Å²) in [4.78, 5) is 6.53. The molecule has 0 atom stereocenters. The number of aromatic nitrogens is 2. The Kier molecular flexibility index (Phi) is 4.01. The van der Waals surface area contributed by atoms with Gasteiger partial charge < -0.3 is 4.57 Å². The summed E-state index contributed by atoms with van der Waals surface area (Å²) in [5, 5.41) is 0. The van der Waals surface area contributed by atoms with Crippen LogP contribution in [0.2, 0.25) is 0 Å². The first-order valence-corrected chi connectivity index (χ1v) is 7.31. The Balaban J connectivity index is 1.52. The molecule has 2 heterocycles. The van der Waals surface area contributed by atoms with E-state index in [1.165, 1.54) is 12.1 Å². The molecular weight excluding hydrogens is 272 g/mol. The topological polar surface area (TPSA) is 21.1 Å². The van der Waals surface area contributed by atoms with Crippen LogP contribution in [0.4, 0.5) is 8.78 Å². The minimum absolute atomic E-state index is 0.506. The minimum atomic E-state index is -0.506. The van der Waals surface area contributed by atoms with Crippen molar-refractivity contribution >= 4 is 0 Å². The Morgan fingerprint density at radius 1 is 1.19 bits per heavy atom. The molecule has 0 amide bonds. The fraction of sp³-hybridized carbons (Fsp3) is 0.438. The lowest BCUT2D eigenvalue weighted by Gasteiger charge is -2.39. The molecule has 0 N–H and O–H groups in total. The van der Waals surface area contributed by atoms with E-state index in [1.54, 1.807) is 0 Å². The molecule has 5 heteroatoms. The van der Waals surface area contributed by atoms with Gasteiger partial charge in [-0.3, -0.25) is 4.90 Å². The summed E-state index contributed by atoms with van der Waals surface area (Å²) >= 11 is 0. The second kappa shape index (κ2) is 5.93. The van der Waals surface area contributed by atoms with Crippen LogP contribution in [-0.2, 0) is 19.5 Å². The van der Waals surface area contributed by atoms with Crippen LogP contribution in [-0.4, -0.2) is 27.5 Å². The molecular formula is C16H19F2N3. The van der Waals surface area contributed by atoms with Crippen LogP contribution in [0.1, 0.15) is 18.3 Å². The first kappa shape index (κ1) is 14.2. The van der Waals surface area contributed by atoms with E-state index in [4.69, 9.17) is 0 Å². The molecule has 0 unspecified atom stereocenters. The zero-order chi connectivity index (χ0) is 14.8. The quantitative estimate of drug-likeness (QED) is 0.844. The average Bonchev–Trinajstić information content (AvgIpc) is 2.82. The molecule has 0 aliphatic carbocycles. The summed E-state index contributed by atoms with van der Waals surface area (Å²) in [6, 6.07) is 3.72. The van der Waals surface area contributed by atoms with Gasteiger partial charge in [0.25, 0.3) is 0 Å². The maximum Gasteiger partial charge on any atom is 0.126 e. The predicted octanol–water partition coefficient (Wildman–Crippen LogP) is 2.86. The average molecular weight is 291 g/mol. The van der Waals surface area contributed by atoms with Gasteiger partial charge in [0.05, 0.1) is 0 Å². The highest BCUT2D eigenvalue weighted by Gasteiger charge is 2.27. The summed E-state index contributed by atoms with van der Waals surface area (Å²) in [6.07, 6.45) is 4.79. The van der Waals surface area contributed by atoms with Gasteiger partial charge >= 0.3 is 0 Å². The summed E-state index contributed by atoms with van der Waals surface area (Å²) in [5.74, 6) is 0.685. The van der Waals surface area contributed by atoms with Crippen LogP contribution in [0, 0.1) is 17.6 Å². The number of hydrogen-bond acceptors (Lipinski definition) is 2. The van der Waals surface area contributed by atoms with Gasteiger partial charge in [0.15, 0.2) is 0 Å². The second-order valence-electron chi connectivity index (χ2n) is 5.69. The van der Waals surface area contributed by atoms with Crippen molar-refractivity contribution in [3.8, 4) is 0 Å². The number of imidazole rings is 1. The highest BCUT2D eigenvalue weighted by Crippen LogP contribution is 2.21. The number of benzene rings is 1. The maximum absolute atomic E-state index is 13.1. The van der Waals surface area contributed by atoms with Crippen LogP contribution in [0.25, 0.3) is 0 Å². The van der Waals surface area contributed by atoms with Crippen LogP contribution in [0.5, 0.6) is 0 Å². The molecule has 1 aliphatic heterocycles. The Hall–Kier alpha value is -1.75. The summed E-state index contributed by atoms with van der Waals surface area (Å²) in [5.41, 5.74) is 0.697. The third-order valence-electron chi connectivity index (χ3n) is 3.93. The molecule has 1 aromatic heterocycles. The van der Waals surface area contributed by atoms with E-state index in [1.807, 2.05) is 12.4 Å². The molecule has 2 aromatic rings. The van der Waals surface area contributed by atoms with Gasteiger partial charge in [-0.05, 0) is 17.7 Å². The van der Waals surface area contributed by atoms with E-state index in [0.717, 1.165) is 37.9 Å². The van der Waals surface area contributed by atoms with Crippen molar-refractivity contribution in [3.05, 3.63) is 53.6 Å².